The minimum absolute atomic E-state index is 0.0722. The number of allylic oxidation sites excluding steroid dienone is 2. The predicted octanol–water partition coefficient (Wildman–Crippen LogP) is 3.25. The maximum atomic E-state index is 12.6. The van der Waals surface area contributed by atoms with E-state index >= 15 is 0 Å². The molecule has 0 bridgehead atoms. The molecule has 0 aromatic heterocycles. The summed E-state index contributed by atoms with van der Waals surface area (Å²) >= 11 is 0. The Hall–Kier alpha value is -3.30. The van der Waals surface area contributed by atoms with Gasteiger partial charge in [0.15, 0.2) is 5.57 Å². The highest BCUT2D eigenvalue weighted by molar-refractivity contribution is 5.98. The third-order valence-electron chi connectivity index (χ3n) is 3.94. The van der Waals surface area contributed by atoms with Gasteiger partial charge < -0.3 is 10.2 Å². The van der Waals surface area contributed by atoms with Crippen LogP contribution in [0.25, 0.3) is 0 Å². The molecule has 6 nitrogen and oxygen atoms in total. The van der Waals surface area contributed by atoms with Crippen molar-refractivity contribution in [3.63, 3.8) is 0 Å². The molecule has 0 fully saturated rings. The monoisotopic (exact) mass is 333 g/mol. The molecular weight excluding hydrogens is 314 g/mol. The second-order valence-corrected chi connectivity index (χ2v) is 6.86. The molecule has 1 amide bonds. The summed E-state index contributed by atoms with van der Waals surface area (Å²) < 4.78 is 0. The first-order valence-corrected chi connectivity index (χ1v) is 7.98. The number of hydrogen-bond acceptors (Lipinski definition) is 5. The smallest absolute Gasteiger partial charge is 0.232 e. The summed E-state index contributed by atoms with van der Waals surface area (Å²) in [6, 6.07) is 10.7. The summed E-state index contributed by atoms with van der Waals surface area (Å²) in [5.74, 6) is 0.0722. The molecule has 0 atom stereocenters. The Morgan fingerprint density at radius 2 is 1.84 bits per heavy atom. The standard InChI is InChI=1S/C19H19N5O/c1-19(2,3)18(25)24-8-4-5-13-9-15(6-7-17(13)24)23-16(12-22)14(10-20)11-21/h6-7,9,23H,4-5,8H2,1-3H3. The van der Waals surface area contributed by atoms with Crippen molar-refractivity contribution < 1.29 is 4.79 Å². The molecule has 0 unspecified atom stereocenters. The third kappa shape index (κ3) is 3.79. The van der Waals surface area contributed by atoms with E-state index in [1.807, 2.05) is 39.0 Å². The van der Waals surface area contributed by atoms with Crippen molar-refractivity contribution >= 4 is 17.3 Å². The number of fused-ring (bicyclic) bond motifs is 1. The Balaban J connectivity index is 2.37. The van der Waals surface area contributed by atoms with Crippen LogP contribution in [-0.2, 0) is 11.2 Å². The molecule has 2 rings (SSSR count). The van der Waals surface area contributed by atoms with Crippen molar-refractivity contribution in [2.24, 2.45) is 5.41 Å². The zero-order valence-electron chi connectivity index (χ0n) is 14.6. The van der Waals surface area contributed by atoms with Gasteiger partial charge in [-0.1, -0.05) is 20.8 Å². The lowest BCUT2D eigenvalue weighted by Gasteiger charge is -2.34. The molecule has 1 aromatic rings. The van der Waals surface area contributed by atoms with Crippen molar-refractivity contribution in [1.82, 2.24) is 0 Å². The van der Waals surface area contributed by atoms with Gasteiger partial charge in [-0.15, -0.1) is 0 Å². The predicted molar refractivity (Wildman–Crippen MR) is 94.1 cm³/mol. The van der Waals surface area contributed by atoms with Crippen LogP contribution in [0.1, 0.15) is 32.8 Å². The summed E-state index contributed by atoms with van der Waals surface area (Å²) in [5, 5.41) is 29.8. The highest BCUT2D eigenvalue weighted by Gasteiger charge is 2.31. The van der Waals surface area contributed by atoms with Crippen LogP contribution in [0.4, 0.5) is 11.4 Å². The SMILES string of the molecule is CC(C)(C)C(=O)N1CCCc2cc(NC(C#N)=C(C#N)C#N)ccc21. The zero-order chi connectivity index (χ0) is 18.6. The molecule has 1 aromatic carbocycles. The van der Waals surface area contributed by atoms with E-state index in [0.717, 1.165) is 24.1 Å². The Morgan fingerprint density at radius 3 is 2.40 bits per heavy atom. The second kappa shape index (κ2) is 7.07. The van der Waals surface area contributed by atoms with Gasteiger partial charge in [-0.2, -0.15) is 15.8 Å². The first kappa shape index (κ1) is 18.0. The van der Waals surface area contributed by atoms with Crippen molar-refractivity contribution in [3.8, 4) is 18.2 Å². The van der Waals surface area contributed by atoms with Gasteiger partial charge in [0.2, 0.25) is 5.91 Å². The summed E-state index contributed by atoms with van der Waals surface area (Å²) in [6.07, 6.45) is 1.69. The molecule has 25 heavy (non-hydrogen) atoms. The average Bonchev–Trinajstić information content (AvgIpc) is 2.59. The number of aryl methyl sites for hydroxylation is 1. The number of benzene rings is 1. The van der Waals surface area contributed by atoms with E-state index in [2.05, 4.69) is 5.32 Å². The number of nitrogens with one attached hydrogen (secondary N) is 1. The molecule has 0 saturated heterocycles. The van der Waals surface area contributed by atoms with Crippen LogP contribution >= 0.6 is 0 Å². The number of rotatable bonds is 2. The minimum Gasteiger partial charge on any atom is -0.345 e. The van der Waals surface area contributed by atoms with Gasteiger partial charge in [0, 0.05) is 23.3 Å². The van der Waals surface area contributed by atoms with Crippen molar-refractivity contribution in [3.05, 3.63) is 35.0 Å². The second-order valence-electron chi connectivity index (χ2n) is 6.86. The fourth-order valence-corrected chi connectivity index (χ4v) is 2.72. The summed E-state index contributed by atoms with van der Waals surface area (Å²) in [4.78, 5) is 14.5. The number of hydrogen-bond donors (Lipinski definition) is 1. The van der Waals surface area contributed by atoms with Crippen LogP contribution in [0, 0.1) is 39.4 Å². The summed E-state index contributed by atoms with van der Waals surface area (Å²) in [6.45, 7) is 6.38. The lowest BCUT2D eigenvalue weighted by atomic mass is 9.92. The maximum absolute atomic E-state index is 12.6. The third-order valence-corrected chi connectivity index (χ3v) is 3.94. The van der Waals surface area contributed by atoms with Crippen LogP contribution in [-0.4, -0.2) is 12.5 Å². The molecule has 0 saturated carbocycles. The Morgan fingerprint density at radius 1 is 1.16 bits per heavy atom. The van der Waals surface area contributed by atoms with Gasteiger partial charge in [0.25, 0.3) is 0 Å². The van der Waals surface area contributed by atoms with Gasteiger partial charge in [-0.25, -0.2) is 0 Å². The van der Waals surface area contributed by atoms with Crippen LogP contribution in [0.15, 0.2) is 29.5 Å². The van der Waals surface area contributed by atoms with Crippen LogP contribution in [0.3, 0.4) is 0 Å². The quantitative estimate of drug-likeness (QED) is 0.837. The highest BCUT2D eigenvalue weighted by Crippen LogP contribution is 2.33. The molecule has 1 aliphatic rings. The Kier molecular flexibility index (Phi) is 5.11. The average molecular weight is 333 g/mol. The van der Waals surface area contributed by atoms with E-state index in [0.29, 0.717) is 12.2 Å². The number of nitrogens with zero attached hydrogens (tertiary/aromatic N) is 4. The molecule has 1 N–H and O–H groups in total. The van der Waals surface area contributed by atoms with Crippen molar-refractivity contribution in [1.29, 1.82) is 15.8 Å². The van der Waals surface area contributed by atoms with E-state index in [-0.39, 0.29) is 17.2 Å². The first-order valence-electron chi connectivity index (χ1n) is 7.98. The van der Waals surface area contributed by atoms with Crippen LogP contribution in [0.2, 0.25) is 0 Å². The zero-order valence-corrected chi connectivity index (χ0v) is 14.6. The molecule has 6 heteroatoms. The van der Waals surface area contributed by atoms with Gasteiger partial charge >= 0.3 is 0 Å². The minimum atomic E-state index is -0.462. The van der Waals surface area contributed by atoms with Gasteiger partial charge in [0.1, 0.15) is 23.9 Å². The molecular formula is C19H19N5O. The van der Waals surface area contributed by atoms with Gasteiger partial charge in [-0.05, 0) is 36.6 Å². The summed E-state index contributed by atoms with van der Waals surface area (Å²) in [5.41, 5.74) is 1.69. The maximum Gasteiger partial charge on any atom is 0.232 e. The summed E-state index contributed by atoms with van der Waals surface area (Å²) in [7, 11) is 0. The fourth-order valence-electron chi connectivity index (χ4n) is 2.72. The normalized spacial score (nSPS) is 12.9. The van der Waals surface area contributed by atoms with E-state index in [1.165, 1.54) is 0 Å². The first-order chi connectivity index (χ1) is 11.8. The van der Waals surface area contributed by atoms with E-state index in [4.69, 9.17) is 15.8 Å². The molecule has 1 aliphatic heterocycles. The van der Waals surface area contributed by atoms with Gasteiger partial charge in [-0.3, -0.25) is 4.79 Å². The number of nitriles is 3. The molecule has 0 aliphatic carbocycles. The number of amides is 1. The fraction of sp³-hybridized carbons (Fsp3) is 0.368. The Labute approximate surface area is 147 Å². The topological polar surface area (TPSA) is 104 Å². The largest absolute Gasteiger partial charge is 0.345 e. The molecule has 0 spiro atoms. The van der Waals surface area contributed by atoms with Crippen molar-refractivity contribution in [2.75, 3.05) is 16.8 Å². The van der Waals surface area contributed by atoms with E-state index in [1.54, 1.807) is 23.1 Å². The number of carbonyl (C=O) groups excluding carboxylic acids is 1. The highest BCUT2D eigenvalue weighted by atomic mass is 16.2. The van der Waals surface area contributed by atoms with E-state index in [9.17, 15) is 4.79 Å². The number of carbonyl (C=O) groups is 1. The molecule has 126 valence electrons. The lowest BCUT2D eigenvalue weighted by molar-refractivity contribution is -0.125. The molecule has 0 radical (unpaired) electrons. The van der Waals surface area contributed by atoms with Gasteiger partial charge in [0.05, 0.1) is 0 Å². The number of anilines is 2. The molecule has 1 heterocycles. The van der Waals surface area contributed by atoms with Crippen molar-refractivity contribution in [2.45, 2.75) is 33.6 Å². The van der Waals surface area contributed by atoms with Crippen LogP contribution < -0.4 is 10.2 Å². The van der Waals surface area contributed by atoms with Crippen LogP contribution in [0.5, 0.6) is 0 Å². The lowest BCUT2D eigenvalue weighted by Crippen LogP contribution is -2.42. The Bertz CT molecular complexity index is 840. The van der Waals surface area contributed by atoms with E-state index < -0.39 is 5.41 Å².